The number of para-hydroxylation sites is 1. The van der Waals surface area contributed by atoms with Gasteiger partial charge in [-0.2, -0.15) is 0 Å². The molecule has 5 rings (SSSR count). The number of thiophene rings is 1. The zero-order valence-electron chi connectivity index (χ0n) is 16.6. The topological polar surface area (TPSA) is 45.2 Å². The first-order valence-corrected chi connectivity index (χ1v) is 12.4. The summed E-state index contributed by atoms with van der Waals surface area (Å²) in [7, 11) is 0. The van der Waals surface area contributed by atoms with Gasteiger partial charge in [0.1, 0.15) is 0 Å². The van der Waals surface area contributed by atoms with Crippen molar-refractivity contribution in [1.82, 2.24) is 10.3 Å². The number of thiazole rings is 1. The Labute approximate surface area is 180 Å². The molecule has 3 aromatic rings. The molecular weight excluding hydrogens is 398 g/mol. The van der Waals surface area contributed by atoms with Crippen molar-refractivity contribution in [3.63, 3.8) is 0 Å². The maximum Gasteiger partial charge on any atom is 0.231 e. The molecule has 1 N–H and O–H groups in total. The summed E-state index contributed by atoms with van der Waals surface area (Å²) in [5, 5.41) is 6.57. The van der Waals surface area contributed by atoms with E-state index in [2.05, 4.69) is 45.9 Å². The van der Waals surface area contributed by atoms with Gasteiger partial charge in [0, 0.05) is 24.5 Å². The maximum absolute atomic E-state index is 13.2. The summed E-state index contributed by atoms with van der Waals surface area (Å²) in [5.41, 5.74) is 0.827. The van der Waals surface area contributed by atoms with Crippen molar-refractivity contribution >= 4 is 43.9 Å². The lowest BCUT2D eigenvalue weighted by atomic mass is 9.83. The molecule has 2 aliphatic rings. The van der Waals surface area contributed by atoms with Crippen LogP contribution in [-0.4, -0.2) is 30.5 Å². The van der Waals surface area contributed by atoms with E-state index in [1.54, 1.807) is 22.7 Å². The van der Waals surface area contributed by atoms with Crippen molar-refractivity contribution in [2.75, 3.05) is 24.5 Å². The summed E-state index contributed by atoms with van der Waals surface area (Å²) in [4.78, 5) is 21.6. The summed E-state index contributed by atoms with van der Waals surface area (Å²) >= 11 is 3.52. The molecule has 1 aliphatic heterocycles. The minimum atomic E-state index is -0.268. The fraction of sp³-hybridized carbons (Fsp3) is 0.478. The van der Waals surface area contributed by atoms with Gasteiger partial charge >= 0.3 is 0 Å². The average Bonchev–Trinajstić information content (AvgIpc) is 3.52. The molecule has 152 valence electrons. The smallest absolute Gasteiger partial charge is 0.231 e. The molecular formula is C23H27N3OS2. The van der Waals surface area contributed by atoms with Crippen LogP contribution in [0.1, 0.15) is 43.4 Å². The minimum absolute atomic E-state index is 0.256. The monoisotopic (exact) mass is 425 g/mol. The second-order valence-corrected chi connectivity index (χ2v) is 10.3. The molecule has 0 spiro atoms. The summed E-state index contributed by atoms with van der Waals surface area (Å²) in [6.07, 6.45) is 6.53. The van der Waals surface area contributed by atoms with Gasteiger partial charge in [-0.3, -0.25) is 4.79 Å². The number of piperidine rings is 1. The van der Waals surface area contributed by atoms with Gasteiger partial charge in [-0.1, -0.05) is 42.4 Å². The molecule has 4 nitrogen and oxygen atoms in total. The van der Waals surface area contributed by atoms with Crippen LogP contribution in [0.2, 0.25) is 0 Å². The number of aromatic nitrogens is 1. The number of benzene rings is 1. The molecule has 0 bridgehead atoms. The zero-order chi connectivity index (χ0) is 19.7. The predicted molar refractivity (Wildman–Crippen MR) is 122 cm³/mol. The van der Waals surface area contributed by atoms with E-state index in [1.165, 1.54) is 9.58 Å². The van der Waals surface area contributed by atoms with Gasteiger partial charge in [-0.05, 0) is 55.2 Å². The lowest BCUT2D eigenvalue weighted by Crippen LogP contribution is -2.45. The fourth-order valence-corrected chi connectivity index (χ4v) is 6.85. The molecule has 29 heavy (non-hydrogen) atoms. The number of nitrogens with zero attached hydrogens (tertiary/aromatic N) is 2. The Hall–Kier alpha value is -1.92. The molecule has 1 saturated carbocycles. The highest BCUT2D eigenvalue weighted by atomic mass is 32.1. The Morgan fingerprint density at radius 2 is 1.93 bits per heavy atom. The molecule has 0 radical (unpaired) electrons. The van der Waals surface area contributed by atoms with E-state index in [-0.39, 0.29) is 11.3 Å². The number of rotatable bonds is 5. The van der Waals surface area contributed by atoms with Crippen LogP contribution < -0.4 is 10.2 Å². The maximum atomic E-state index is 13.2. The quantitative estimate of drug-likeness (QED) is 0.611. The number of anilines is 1. The molecule has 2 aromatic heterocycles. The van der Waals surface area contributed by atoms with E-state index < -0.39 is 0 Å². The highest BCUT2D eigenvalue weighted by Gasteiger charge is 2.43. The molecule has 0 atom stereocenters. The van der Waals surface area contributed by atoms with Crippen LogP contribution in [0.3, 0.4) is 0 Å². The molecule has 2 fully saturated rings. The molecule has 1 aromatic carbocycles. The normalized spacial score (nSPS) is 19.7. The van der Waals surface area contributed by atoms with Gasteiger partial charge in [-0.15, -0.1) is 11.3 Å². The van der Waals surface area contributed by atoms with E-state index in [1.807, 2.05) is 6.07 Å². The van der Waals surface area contributed by atoms with Crippen molar-refractivity contribution in [1.29, 1.82) is 0 Å². The van der Waals surface area contributed by atoms with Crippen molar-refractivity contribution in [3.05, 3.63) is 46.7 Å². The lowest BCUT2D eigenvalue weighted by Gasteiger charge is -2.33. The first-order chi connectivity index (χ1) is 14.2. The molecule has 1 amide bonds. The number of amides is 1. The summed E-state index contributed by atoms with van der Waals surface area (Å²) in [6.45, 7) is 2.85. The first-order valence-electron chi connectivity index (χ1n) is 10.7. The highest BCUT2D eigenvalue weighted by Crippen LogP contribution is 2.43. The molecule has 0 unspecified atom stereocenters. The van der Waals surface area contributed by atoms with E-state index in [0.717, 1.165) is 68.8 Å². The summed E-state index contributed by atoms with van der Waals surface area (Å²) in [6, 6.07) is 12.6. The van der Waals surface area contributed by atoms with E-state index in [0.29, 0.717) is 5.92 Å². The number of carbonyl (C=O) groups is 1. The van der Waals surface area contributed by atoms with Gasteiger partial charge in [0.15, 0.2) is 5.13 Å². The third-order valence-electron chi connectivity index (χ3n) is 6.60. The van der Waals surface area contributed by atoms with Crippen LogP contribution in [0.25, 0.3) is 10.2 Å². The lowest BCUT2D eigenvalue weighted by molar-refractivity contribution is -0.126. The predicted octanol–water partition coefficient (Wildman–Crippen LogP) is 5.20. The van der Waals surface area contributed by atoms with Crippen LogP contribution in [0.15, 0.2) is 41.8 Å². The van der Waals surface area contributed by atoms with Gasteiger partial charge in [0.2, 0.25) is 5.91 Å². The Morgan fingerprint density at radius 3 is 2.66 bits per heavy atom. The SMILES string of the molecule is O=C(NCC1CCN(c2nc3ccccc3s2)CC1)C1(c2cccs2)CCCC1. The Morgan fingerprint density at radius 1 is 1.14 bits per heavy atom. The number of hydrogen-bond acceptors (Lipinski definition) is 5. The van der Waals surface area contributed by atoms with E-state index >= 15 is 0 Å². The van der Waals surface area contributed by atoms with Gasteiger partial charge in [0.05, 0.1) is 15.6 Å². The standard InChI is InChI=1S/C23H27N3OS2/c27-21(23(11-3-4-12-23)20-8-5-15-28-20)24-16-17-9-13-26(14-10-17)22-25-18-6-1-2-7-19(18)29-22/h1-2,5-8,15,17H,3-4,9-14,16H2,(H,24,27). The zero-order valence-corrected chi connectivity index (χ0v) is 18.2. The Balaban J connectivity index is 1.17. The fourth-order valence-electron chi connectivity index (χ4n) is 4.84. The van der Waals surface area contributed by atoms with Crippen molar-refractivity contribution in [3.8, 4) is 0 Å². The van der Waals surface area contributed by atoms with Crippen molar-refractivity contribution in [2.24, 2.45) is 5.92 Å². The third-order valence-corrected chi connectivity index (χ3v) is 8.77. The second-order valence-electron chi connectivity index (χ2n) is 8.37. The number of nitrogens with one attached hydrogen (secondary N) is 1. The van der Waals surface area contributed by atoms with Crippen LogP contribution in [0.5, 0.6) is 0 Å². The molecule has 1 saturated heterocycles. The minimum Gasteiger partial charge on any atom is -0.355 e. The number of fused-ring (bicyclic) bond motifs is 1. The molecule has 6 heteroatoms. The van der Waals surface area contributed by atoms with Crippen LogP contribution in [-0.2, 0) is 10.2 Å². The molecule has 1 aliphatic carbocycles. The Bertz CT molecular complexity index is 934. The van der Waals surface area contributed by atoms with Crippen LogP contribution >= 0.6 is 22.7 Å². The van der Waals surface area contributed by atoms with Crippen LogP contribution in [0.4, 0.5) is 5.13 Å². The number of hydrogen-bond donors (Lipinski definition) is 1. The summed E-state index contributed by atoms with van der Waals surface area (Å²) < 4.78 is 1.26. The molecule has 3 heterocycles. The van der Waals surface area contributed by atoms with Crippen LogP contribution in [0, 0.1) is 5.92 Å². The second kappa shape index (κ2) is 8.07. The largest absolute Gasteiger partial charge is 0.355 e. The number of carbonyl (C=O) groups excluding carboxylic acids is 1. The van der Waals surface area contributed by atoms with E-state index in [9.17, 15) is 4.79 Å². The van der Waals surface area contributed by atoms with Gasteiger partial charge < -0.3 is 10.2 Å². The first kappa shape index (κ1) is 19.1. The summed E-state index contributed by atoms with van der Waals surface area (Å²) in [5.74, 6) is 0.817. The van der Waals surface area contributed by atoms with Crippen molar-refractivity contribution < 1.29 is 4.79 Å². The highest BCUT2D eigenvalue weighted by molar-refractivity contribution is 7.22. The third kappa shape index (κ3) is 3.68. The van der Waals surface area contributed by atoms with Gasteiger partial charge in [-0.25, -0.2) is 4.98 Å². The van der Waals surface area contributed by atoms with Crippen molar-refractivity contribution in [2.45, 2.75) is 43.9 Å². The Kier molecular flexibility index (Phi) is 5.31. The van der Waals surface area contributed by atoms with Gasteiger partial charge in [0.25, 0.3) is 0 Å². The average molecular weight is 426 g/mol. The van der Waals surface area contributed by atoms with E-state index in [4.69, 9.17) is 4.98 Å².